The summed E-state index contributed by atoms with van der Waals surface area (Å²) in [7, 11) is 0. The van der Waals surface area contributed by atoms with Gasteiger partial charge < -0.3 is 10.1 Å². The fourth-order valence-corrected chi connectivity index (χ4v) is 1.85. The molecule has 1 atom stereocenters. The third-order valence-electron chi connectivity index (χ3n) is 3.36. The van der Waals surface area contributed by atoms with Crippen LogP contribution in [-0.4, -0.2) is 18.7 Å². The number of rotatable bonds is 6. The van der Waals surface area contributed by atoms with E-state index in [4.69, 9.17) is 4.74 Å². The summed E-state index contributed by atoms with van der Waals surface area (Å²) in [6.07, 6.45) is 2.62. The molecule has 1 unspecified atom stereocenters. The van der Waals surface area contributed by atoms with Crippen molar-refractivity contribution in [2.75, 3.05) is 6.54 Å². The lowest BCUT2D eigenvalue weighted by Crippen LogP contribution is -2.36. The van der Waals surface area contributed by atoms with E-state index in [-0.39, 0.29) is 11.9 Å². The first-order chi connectivity index (χ1) is 8.56. The second kappa shape index (κ2) is 5.70. The molecule has 1 aliphatic carbocycles. The first-order valence-corrected chi connectivity index (χ1v) is 6.72. The molecule has 1 aromatic carbocycles. The van der Waals surface area contributed by atoms with Crippen LogP contribution in [0, 0.1) is 18.7 Å². The van der Waals surface area contributed by atoms with E-state index in [0.717, 1.165) is 12.1 Å². The average Bonchev–Trinajstić information content (AvgIpc) is 3.12. The summed E-state index contributed by atoms with van der Waals surface area (Å²) in [5, 5.41) is 3.47. The minimum absolute atomic E-state index is 0.0890. The fraction of sp³-hybridized carbons (Fsp3) is 0.600. The molecule has 0 radical (unpaired) electrons. The molecule has 0 aromatic heterocycles. The second-order valence-corrected chi connectivity index (χ2v) is 5.49. The molecule has 0 spiro atoms. The Morgan fingerprint density at radius 2 is 2.11 bits per heavy atom. The number of hydrogen-bond acceptors (Lipinski definition) is 2. The molecule has 0 heterocycles. The van der Waals surface area contributed by atoms with E-state index in [1.165, 1.54) is 25.0 Å². The lowest BCUT2D eigenvalue weighted by Gasteiger charge is -2.24. The van der Waals surface area contributed by atoms with Crippen LogP contribution in [0.3, 0.4) is 0 Å². The summed E-state index contributed by atoms with van der Waals surface area (Å²) in [6.45, 7) is 7.04. The van der Waals surface area contributed by atoms with Crippen molar-refractivity contribution in [1.82, 2.24) is 5.32 Å². The largest absolute Gasteiger partial charge is 0.488 e. The molecule has 2 rings (SSSR count). The van der Waals surface area contributed by atoms with Crippen molar-refractivity contribution in [3.63, 3.8) is 0 Å². The average molecular weight is 251 g/mol. The molecule has 18 heavy (non-hydrogen) atoms. The zero-order valence-corrected chi connectivity index (χ0v) is 11.4. The molecule has 1 N–H and O–H groups in total. The Labute approximate surface area is 109 Å². The van der Waals surface area contributed by atoms with E-state index in [0.29, 0.717) is 17.7 Å². The van der Waals surface area contributed by atoms with E-state index in [1.54, 1.807) is 6.07 Å². The van der Waals surface area contributed by atoms with Gasteiger partial charge in [-0.1, -0.05) is 19.9 Å². The smallest absolute Gasteiger partial charge is 0.126 e. The summed E-state index contributed by atoms with van der Waals surface area (Å²) in [4.78, 5) is 0. The maximum absolute atomic E-state index is 13.2. The Kier molecular flexibility index (Phi) is 4.23. The van der Waals surface area contributed by atoms with Crippen molar-refractivity contribution < 1.29 is 9.13 Å². The van der Waals surface area contributed by atoms with Crippen molar-refractivity contribution in [2.24, 2.45) is 5.92 Å². The van der Waals surface area contributed by atoms with Crippen LogP contribution in [0.5, 0.6) is 5.75 Å². The van der Waals surface area contributed by atoms with E-state index in [1.807, 2.05) is 6.92 Å². The number of hydrogen-bond donors (Lipinski definition) is 1. The Morgan fingerprint density at radius 1 is 1.39 bits per heavy atom. The molecule has 1 aromatic rings. The van der Waals surface area contributed by atoms with Crippen LogP contribution in [-0.2, 0) is 0 Å². The van der Waals surface area contributed by atoms with Crippen LogP contribution in [0.25, 0.3) is 0 Å². The SMILES string of the molecule is Cc1ccc(F)cc1OC(CNC1CC1)C(C)C. The highest BCUT2D eigenvalue weighted by atomic mass is 19.1. The van der Waals surface area contributed by atoms with Gasteiger partial charge in [-0.25, -0.2) is 4.39 Å². The van der Waals surface area contributed by atoms with Crippen LogP contribution in [0.1, 0.15) is 32.3 Å². The van der Waals surface area contributed by atoms with Gasteiger partial charge in [-0.3, -0.25) is 0 Å². The van der Waals surface area contributed by atoms with Crippen LogP contribution in [0.4, 0.5) is 4.39 Å². The van der Waals surface area contributed by atoms with Gasteiger partial charge in [0.2, 0.25) is 0 Å². The molecule has 0 saturated heterocycles. The van der Waals surface area contributed by atoms with Crippen molar-refractivity contribution in [3.8, 4) is 5.75 Å². The number of aryl methyl sites for hydroxylation is 1. The quantitative estimate of drug-likeness (QED) is 0.837. The number of benzene rings is 1. The molecule has 3 heteroatoms. The van der Waals surface area contributed by atoms with Gasteiger partial charge in [0.05, 0.1) is 0 Å². The normalized spacial score (nSPS) is 16.9. The van der Waals surface area contributed by atoms with Gasteiger partial charge in [-0.2, -0.15) is 0 Å². The molecular weight excluding hydrogens is 229 g/mol. The van der Waals surface area contributed by atoms with Crippen molar-refractivity contribution in [2.45, 2.75) is 45.8 Å². The van der Waals surface area contributed by atoms with Crippen molar-refractivity contribution >= 4 is 0 Å². The van der Waals surface area contributed by atoms with Crippen molar-refractivity contribution in [1.29, 1.82) is 0 Å². The molecule has 0 bridgehead atoms. The third-order valence-corrected chi connectivity index (χ3v) is 3.36. The minimum Gasteiger partial charge on any atom is -0.488 e. The maximum atomic E-state index is 13.2. The van der Waals surface area contributed by atoms with E-state index >= 15 is 0 Å². The molecular formula is C15H22FNO. The van der Waals surface area contributed by atoms with E-state index in [9.17, 15) is 4.39 Å². The fourth-order valence-electron chi connectivity index (χ4n) is 1.85. The highest BCUT2D eigenvalue weighted by Crippen LogP contribution is 2.23. The zero-order valence-electron chi connectivity index (χ0n) is 11.4. The van der Waals surface area contributed by atoms with Crippen LogP contribution >= 0.6 is 0 Å². The topological polar surface area (TPSA) is 21.3 Å². The first kappa shape index (κ1) is 13.3. The van der Waals surface area contributed by atoms with Gasteiger partial charge in [0.15, 0.2) is 0 Å². The standard InChI is InChI=1S/C15H22FNO/c1-10(2)15(9-17-13-6-7-13)18-14-8-12(16)5-4-11(14)3/h4-5,8,10,13,15,17H,6-7,9H2,1-3H3. The van der Waals surface area contributed by atoms with Gasteiger partial charge in [-0.05, 0) is 37.3 Å². The Morgan fingerprint density at radius 3 is 2.72 bits per heavy atom. The molecule has 1 fully saturated rings. The van der Waals surface area contributed by atoms with Gasteiger partial charge in [0.1, 0.15) is 17.7 Å². The van der Waals surface area contributed by atoms with Gasteiger partial charge >= 0.3 is 0 Å². The van der Waals surface area contributed by atoms with Crippen LogP contribution in [0.15, 0.2) is 18.2 Å². The summed E-state index contributed by atoms with van der Waals surface area (Å²) in [6, 6.07) is 5.37. The van der Waals surface area contributed by atoms with Gasteiger partial charge in [0, 0.05) is 18.7 Å². The molecule has 0 aliphatic heterocycles. The summed E-state index contributed by atoms with van der Waals surface area (Å²) in [5.74, 6) is 0.818. The summed E-state index contributed by atoms with van der Waals surface area (Å²) < 4.78 is 19.2. The van der Waals surface area contributed by atoms with Crippen molar-refractivity contribution in [3.05, 3.63) is 29.6 Å². The Bertz CT molecular complexity index is 401. The van der Waals surface area contributed by atoms with Gasteiger partial charge in [0.25, 0.3) is 0 Å². The minimum atomic E-state index is -0.242. The Hall–Kier alpha value is -1.09. The highest BCUT2D eigenvalue weighted by molar-refractivity contribution is 5.32. The molecule has 1 aliphatic rings. The number of halogens is 1. The zero-order chi connectivity index (χ0) is 13.1. The molecule has 1 saturated carbocycles. The lowest BCUT2D eigenvalue weighted by molar-refractivity contribution is 0.147. The monoisotopic (exact) mass is 251 g/mol. The van der Waals surface area contributed by atoms with E-state index < -0.39 is 0 Å². The van der Waals surface area contributed by atoms with Crippen LogP contribution in [0.2, 0.25) is 0 Å². The third kappa shape index (κ3) is 3.70. The van der Waals surface area contributed by atoms with E-state index in [2.05, 4.69) is 19.2 Å². The lowest BCUT2D eigenvalue weighted by atomic mass is 10.1. The molecule has 2 nitrogen and oxygen atoms in total. The number of ether oxygens (including phenoxy) is 1. The summed E-state index contributed by atoms with van der Waals surface area (Å²) in [5.41, 5.74) is 0.980. The molecule has 100 valence electrons. The second-order valence-electron chi connectivity index (χ2n) is 5.49. The summed E-state index contributed by atoms with van der Waals surface area (Å²) >= 11 is 0. The van der Waals surface area contributed by atoms with Gasteiger partial charge in [-0.15, -0.1) is 0 Å². The highest BCUT2D eigenvalue weighted by Gasteiger charge is 2.24. The maximum Gasteiger partial charge on any atom is 0.126 e. The molecule has 0 amide bonds. The predicted octanol–water partition coefficient (Wildman–Crippen LogP) is 3.29. The van der Waals surface area contributed by atoms with Crippen LogP contribution < -0.4 is 10.1 Å². The predicted molar refractivity (Wildman–Crippen MR) is 71.4 cm³/mol. The number of nitrogens with one attached hydrogen (secondary N) is 1. The first-order valence-electron chi connectivity index (χ1n) is 6.72. The Balaban J connectivity index is 1.99.